The molecular formula is C17H21N3O3S. The van der Waals surface area contributed by atoms with Gasteiger partial charge in [-0.3, -0.25) is 9.59 Å². The lowest BCUT2D eigenvalue weighted by Crippen LogP contribution is -2.41. The van der Waals surface area contributed by atoms with E-state index in [9.17, 15) is 9.59 Å². The van der Waals surface area contributed by atoms with Gasteiger partial charge >= 0.3 is 5.97 Å². The van der Waals surface area contributed by atoms with Crippen LogP contribution in [0.5, 0.6) is 0 Å². The van der Waals surface area contributed by atoms with Gasteiger partial charge in [0.05, 0.1) is 0 Å². The second kappa shape index (κ2) is 6.35. The molecule has 3 aliphatic rings. The molecule has 1 saturated carbocycles. The van der Waals surface area contributed by atoms with Crippen molar-refractivity contribution < 1.29 is 14.7 Å². The number of aliphatic carboxylic acids is 1. The minimum absolute atomic E-state index is 0.0292. The standard InChI is InChI=1S/C17H21N3O3S/c21-16(19-12-6-14(17(22)23)24-8-12)10-3-4-13-11(5-10)7-18-15(20-13)9-1-2-9/h7,9-10,12,14H,1-6,8H2,(H,19,21)(H,22,23)/t10?,12-,14-/m0/s1. The summed E-state index contributed by atoms with van der Waals surface area (Å²) >= 11 is 1.41. The molecule has 1 aromatic heterocycles. The fraction of sp³-hybridized carbons (Fsp3) is 0.647. The summed E-state index contributed by atoms with van der Waals surface area (Å²) in [6, 6.07) is -0.0292. The third-order valence-corrected chi connectivity index (χ3v) is 6.49. The second-order valence-electron chi connectivity index (χ2n) is 7.02. The summed E-state index contributed by atoms with van der Waals surface area (Å²) in [5, 5.41) is 11.7. The number of aromatic nitrogens is 2. The average Bonchev–Trinajstić information content (AvgIpc) is 3.33. The van der Waals surface area contributed by atoms with Gasteiger partial charge < -0.3 is 10.4 Å². The molecule has 1 amide bonds. The van der Waals surface area contributed by atoms with Crippen LogP contribution in [0.1, 0.15) is 48.7 Å². The zero-order valence-corrected chi connectivity index (χ0v) is 14.2. The minimum Gasteiger partial charge on any atom is -0.480 e. The monoisotopic (exact) mass is 347 g/mol. The second-order valence-corrected chi connectivity index (χ2v) is 8.25. The Morgan fingerprint density at radius 3 is 2.83 bits per heavy atom. The van der Waals surface area contributed by atoms with Gasteiger partial charge in [-0.15, -0.1) is 11.8 Å². The zero-order chi connectivity index (χ0) is 16.7. The molecule has 0 bridgehead atoms. The molecule has 2 N–H and O–H groups in total. The van der Waals surface area contributed by atoms with Crippen LogP contribution in [0.2, 0.25) is 0 Å². The maximum absolute atomic E-state index is 12.5. The predicted molar refractivity (Wildman–Crippen MR) is 90.0 cm³/mol. The average molecular weight is 347 g/mol. The first kappa shape index (κ1) is 15.9. The van der Waals surface area contributed by atoms with Gasteiger partial charge in [0, 0.05) is 35.5 Å². The van der Waals surface area contributed by atoms with Crippen molar-refractivity contribution in [2.24, 2.45) is 5.92 Å². The van der Waals surface area contributed by atoms with Gasteiger partial charge in [0.1, 0.15) is 11.1 Å². The molecule has 0 spiro atoms. The van der Waals surface area contributed by atoms with E-state index in [1.54, 1.807) is 0 Å². The lowest BCUT2D eigenvalue weighted by molar-refractivity contribution is -0.136. The fourth-order valence-electron chi connectivity index (χ4n) is 3.50. The number of hydrogen-bond donors (Lipinski definition) is 2. The van der Waals surface area contributed by atoms with Crippen LogP contribution < -0.4 is 5.32 Å². The molecule has 128 valence electrons. The molecule has 1 aromatic rings. The molecule has 7 heteroatoms. The molecule has 1 saturated heterocycles. The number of amides is 1. The van der Waals surface area contributed by atoms with Crippen molar-refractivity contribution in [1.29, 1.82) is 0 Å². The van der Waals surface area contributed by atoms with Crippen molar-refractivity contribution in [3.63, 3.8) is 0 Å². The van der Waals surface area contributed by atoms with Crippen LogP contribution in [0.15, 0.2) is 6.20 Å². The largest absolute Gasteiger partial charge is 0.480 e. The van der Waals surface area contributed by atoms with Gasteiger partial charge in [-0.2, -0.15) is 0 Å². The highest BCUT2D eigenvalue weighted by Gasteiger charge is 2.34. The fourth-order valence-corrected chi connectivity index (χ4v) is 4.70. The van der Waals surface area contributed by atoms with E-state index in [-0.39, 0.29) is 17.9 Å². The minimum atomic E-state index is -0.785. The molecule has 0 aromatic carbocycles. The van der Waals surface area contributed by atoms with Crippen LogP contribution in [0.4, 0.5) is 0 Å². The van der Waals surface area contributed by atoms with Crippen molar-refractivity contribution in [2.75, 3.05) is 5.75 Å². The van der Waals surface area contributed by atoms with Gasteiger partial charge in [-0.05, 0) is 44.1 Å². The van der Waals surface area contributed by atoms with Crippen LogP contribution in [-0.2, 0) is 22.4 Å². The van der Waals surface area contributed by atoms with E-state index in [0.29, 0.717) is 24.5 Å². The highest BCUT2D eigenvalue weighted by molar-refractivity contribution is 8.00. The molecule has 4 rings (SSSR count). The number of nitrogens with one attached hydrogen (secondary N) is 1. The Hall–Kier alpha value is -1.63. The first-order valence-electron chi connectivity index (χ1n) is 8.59. The maximum atomic E-state index is 12.5. The zero-order valence-electron chi connectivity index (χ0n) is 13.4. The maximum Gasteiger partial charge on any atom is 0.316 e. The first-order valence-corrected chi connectivity index (χ1v) is 9.64. The van der Waals surface area contributed by atoms with Crippen LogP contribution in [0, 0.1) is 5.92 Å². The van der Waals surface area contributed by atoms with Crippen LogP contribution >= 0.6 is 11.8 Å². The van der Waals surface area contributed by atoms with E-state index in [0.717, 1.165) is 29.9 Å². The van der Waals surface area contributed by atoms with Crippen molar-refractivity contribution in [1.82, 2.24) is 15.3 Å². The Morgan fingerprint density at radius 1 is 1.29 bits per heavy atom. The lowest BCUT2D eigenvalue weighted by Gasteiger charge is -2.24. The lowest BCUT2D eigenvalue weighted by atomic mass is 9.86. The summed E-state index contributed by atoms with van der Waals surface area (Å²) in [5.74, 6) is 1.41. The number of fused-ring (bicyclic) bond motifs is 1. The molecule has 2 aliphatic carbocycles. The number of carbonyl (C=O) groups excluding carboxylic acids is 1. The molecule has 6 nitrogen and oxygen atoms in total. The van der Waals surface area contributed by atoms with Gasteiger partial charge in [-0.1, -0.05) is 0 Å². The van der Waals surface area contributed by atoms with E-state index in [2.05, 4.69) is 10.3 Å². The molecule has 1 unspecified atom stereocenters. The van der Waals surface area contributed by atoms with Gasteiger partial charge in [-0.25, -0.2) is 9.97 Å². The summed E-state index contributed by atoms with van der Waals surface area (Å²) < 4.78 is 0. The Balaban J connectivity index is 1.36. The van der Waals surface area contributed by atoms with Gasteiger partial charge in [0.2, 0.25) is 5.91 Å². The molecular weight excluding hydrogens is 326 g/mol. The first-order chi connectivity index (χ1) is 11.6. The molecule has 0 radical (unpaired) electrons. The molecule has 24 heavy (non-hydrogen) atoms. The highest BCUT2D eigenvalue weighted by atomic mass is 32.2. The molecule has 1 aliphatic heterocycles. The normalized spacial score (nSPS) is 29.1. The number of nitrogens with zero attached hydrogens (tertiary/aromatic N) is 2. The third-order valence-electron chi connectivity index (χ3n) is 5.10. The van der Waals surface area contributed by atoms with Crippen LogP contribution in [0.25, 0.3) is 0 Å². The summed E-state index contributed by atoms with van der Waals surface area (Å²) in [6.45, 7) is 0. The smallest absolute Gasteiger partial charge is 0.316 e. The van der Waals surface area contributed by atoms with Crippen molar-refractivity contribution in [3.8, 4) is 0 Å². The van der Waals surface area contributed by atoms with Crippen molar-refractivity contribution >= 4 is 23.6 Å². The van der Waals surface area contributed by atoms with Crippen LogP contribution in [0.3, 0.4) is 0 Å². The topological polar surface area (TPSA) is 92.2 Å². The highest BCUT2D eigenvalue weighted by Crippen LogP contribution is 2.38. The summed E-state index contributed by atoms with van der Waals surface area (Å²) in [4.78, 5) is 32.7. The number of carboxylic acids is 1. The summed E-state index contributed by atoms with van der Waals surface area (Å²) in [6.07, 6.45) is 7.13. The molecule has 2 fully saturated rings. The van der Waals surface area contributed by atoms with E-state index < -0.39 is 11.2 Å². The summed E-state index contributed by atoms with van der Waals surface area (Å²) in [7, 11) is 0. The van der Waals surface area contributed by atoms with E-state index in [1.807, 2.05) is 6.20 Å². The Bertz CT molecular complexity index is 677. The van der Waals surface area contributed by atoms with Gasteiger partial charge in [0.15, 0.2) is 0 Å². The quantitative estimate of drug-likeness (QED) is 0.858. The van der Waals surface area contributed by atoms with E-state index in [1.165, 1.54) is 24.6 Å². The Kier molecular flexibility index (Phi) is 4.20. The summed E-state index contributed by atoms with van der Waals surface area (Å²) in [5.41, 5.74) is 2.20. The molecule has 2 heterocycles. The van der Waals surface area contributed by atoms with Crippen LogP contribution in [-0.4, -0.2) is 44.0 Å². The third kappa shape index (κ3) is 3.27. The number of aryl methyl sites for hydroxylation is 1. The Morgan fingerprint density at radius 2 is 2.12 bits per heavy atom. The van der Waals surface area contributed by atoms with Crippen molar-refractivity contribution in [3.05, 3.63) is 23.3 Å². The number of carbonyl (C=O) groups is 2. The number of thioether (sulfide) groups is 1. The van der Waals surface area contributed by atoms with Gasteiger partial charge in [0.25, 0.3) is 0 Å². The van der Waals surface area contributed by atoms with E-state index >= 15 is 0 Å². The van der Waals surface area contributed by atoms with Crippen molar-refractivity contribution in [2.45, 2.75) is 55.7 Å². The predicted octanol–water partition coefficient (Wildman–Crippen LogP) is 1.53. The number of rotatable bonds is 4. The van der Waals surface area contributed by atoms with E-state index in [4.69, 9.17) is 10.1 Å². The number of hydrogen-bond acceptors (Lipinski definition) is 5. The Labute approximate surface area is 144 Å². The molecule has 3 atom stereocenters. The SMILES string of the molecule is O=C(N[C@@H]1CS[C@H](C(=O)O)C1)C1CCc2nc(C3CC3)ncc2C1. The number of carboxylic acid groups (broad SMARTS) is 1.